The van der Waals surface area contributed by atoms with Crippen LogP contribution in [0.1, 0.15) is 23.6 Å². The Labute approximate surface area is 198 Å². The Morgan fingerprint density at radius 1 is 1.13 bits per heavy atom. The second-order valence-electron chi connectivity index (χ2n) is 6.39. The van der Waals surface area contributed by atoms with E-state index in [1.807, 2.05) is 13.8 Å². The Morgan fingerprint density at radius 2 is 1.81 bits per heavy atom. The molecule has 0 saturated carbocycles. The zero-order chi connectivity index (χ0) is 22.1. The van der Waals surface area contributed by atoms with Crippen LogP contribution in [0.4, 0.5) is 8.78 Å². The van der Waals surface area contributed by atoms with Gasteiger partial charge in [0, 0.05) is 18.7 Å². The van der Waals surface area contributed by atoms with E-state index in [4.69, 9.17) is 0 Å². The highest BCUT2D eigenvalue weighted by atomic mass is 127. The van der Waals surface area contributed by atoms with E-state index in [-0.39, 0.29) is 41.2 Å². The van der Waals surface area contributed by atoms with E-state index in [2.05, 4.69) is 25.1 Å². The van der Waals surface area contributed by atoms with Crippen LogP contribution >= 0.6 is 24.0 Å². The number of sulfonamides is 1. The summed E-state index contributed by atoms with van der Waals surface area (Å²) in [5.41, 5.74) is 2.33. The van der Waals surface area contributed by atoms with Crippen LogP contribution in [0.3, 0.4) is 0 Å². The molecule has 0 aromatic heterocycles. The average Bonchev–Trinajstić information content (AvgIpc) is 2.71. The molecule has 0 atom stereocenters. The number of benzene rings is 2. The summed E-state index contributed by atoms with van der Waals surface area (Å²) in [5, 5.41) is 6.19. The van der Waals surface area contributed by atoms with Gasteiger partial charge in [-0.25, -0.2) is 18.1 Å². The molecule has 2 rings (SSSR count). The molecule has 0 aliphatic rings. The quantitative estimate of drug-likeness (QED) is 0.245. The molecule has 31 heavy (non-hydrogen) atoms. The molecule has 0 radical (unpaired) electrons. The van der Waals surface area contributed by atoms with Crippen molar-refractivity contribution in [2.45, 2.75) is 38.4 Å². The Bertz CT molecular complexity index is 971. The van der Waals surface area contributed by atoms with Gasteiger partial charge in [0.2, 0.25) is 10.0 Å². The largest absolute Gasteiger partial charge is 0.434 e. The Morgan fingerprint density at radius 3 is 2.39 bits per heavy atom. The Hall–Kier alpha value is -1.99. The van der Waals surface area contributed by atoms with Gasteiger partial charge in [0.15, 0.2) is 5.96 Å². The molecule has 0 amide bonds. The zero-order valence-corrected chi connectivity index (χ0v) is 20.6. The first-order valence-corrected chi connectivity index (χ1v) is 10.8. The maximum Gasteiger partial charge on any atom is 0.387 e. The molecule has 0 aliphatic heterocycles. The van der Waals surface area contributed by atoms with E-state index < -0.39 is 16.6 Å². The van der Waals surface area contributed by atoms with Crippen LogP contribution in [-0.4, -0.2) is 34.6 Å². The first-order valence-electron chi connectivity index (χ1n) is 9.34. The van der Waals surface area contributed by atoms with Crippen molar-refractivity contribution >= 4 is 40.0 Å². The summed E-state index contributed by atoms with van der Waals surface area (Å²) in [6.45, 7) is 2.04. The highest BCUT2D eigenvalue weighted by molar-refractivity contribution is 14.0. The lowest BCUT2D eigenvalue weighted by atomic mass is 10.1. The lowest BCUT2D eigenvalue weighted by molar-refractivity contribution is -0.0504. The molecular weight excluding hydrogens is 541 g/mol. The molecule has 172 valence electrons. The summed E-state index contributed by atoms with van der Waals surface area (Å²) in [6, 6.07) is 11.4. The summed E-state index contributed by atoms with van der Waals surface area (Å²) in [4.78, 5) is 4.64. The van der Waals surface area contributed by atoms with Gasteiger partial charge >= 0.3 is 6.61 Å². The van der Waals surface area contributed by atoms with Crippen LogP contribution in [0.15, 0.2) is 52.4 Å². The van der Waals surface area contributed by atoms with Crippen LogP contribution in [0, 0.1) is 6.92 Å². The summed E-state index contributed by atoms with van der Waals surface area (Å²) in [7, 11) is -2.13. The summed E-state index contributed by atoms with van der Waals surface area (Å²) >= 11 is 0. The number of aryl methyl sites for hydroxylation is 1. The molecule has 0 aliphatic carbocycles. The molecule has 0 unspecified atom stereocenters. The van der Waals surface area contributed by atoms with Crippen LogP contribution < -0.4 is 20.1 Å². The second-order valence-corrected chi connectivity index (χ2v) is 8.28. The fraction of sp³-hybridized carbons (Fsp3) is 0.350. The molecule has 0 saturated heterocycles. The van der Waals surface area contributed by atoms with Crippen LogP contribution in [0.2, 0.25) is 0 Å². The van der Waals surface area contributed by atoms with Gasteiger partial charge in [0.1, 0.15) is 5.75 Å². The summed E-state index contributed by atoms with van der Waals surface area (Å²) in [6.07, 6.45) is 0. The number of aliphatic imine (C=N–C) groups is 1. The number of rotatable bonds is 9. The van der Waals surface area contributed by atoms with E-state index in [0.717, 1.165) is 11.1 Å². The SMILES string of the molecule is CCNC(=NCc1ccc(S(=O)(=O)NC)cc1)NCc1cc(C)ccc1OC(F)F.I. The summed E-state index contributed by atoms with van der Waals surface area (Å²) < 4.78 is 55.7. The fourth-order valence-corrected chi connectivity index (χ4v) is 3.37. The van der Waals surface area contributed by atoms with Crippen molar-refractivity contribution in [1.29, 1.82) is 0 Å². The molecule has 0 heterocycles. The van der Waals surface area contributed by atoms with Gasteiger partial charge in [0.25, 0.3) is 0 Å². The highest BCUT2D eigenvalue weighted by Crippen LogP contribution is 2.22. The van der Waals surface area contributed by atoms with Crippen molar-refractivity contribution in [1.82, 2.24) is 15.4 Å². The maximum atomic E-state index is 12.6. The third-order valence-electron chi connectivity index (χ3n) is 4.14. The molecule has 0 fully saturated rings. The number of nitrogens with one attached hydrogen (secondary N) is 3. The number of hydrogen-bond acceptors (Lipinski definition) is 4. The van der Waals surface area contributed by atoms with Gasteiger partial charge in [-0.05, 0) is 44.7 Å². The van der Waals surface area contributed by atoms with E-state index >= 15 is 0 Å². The molecule has 7 nitrogen and oxygen atoms in total. The molecular formula is C20H27F2IN4O3S. The van der Waals surface area contributed by atoms with Crippen LogP contribution in [0.25, 0.3) is 0 Å². The van der Waals surface area contributed by atoms with Crippen LogP contribution in [-0.2, 0) is 23.1 Å². The zero-order valence-electron chi connectivity index (χ0n) is 17.5. The number of nitrogens with zero attached hydrogens (tertiary/aromatic N) is 1. The van der Waals surface area contributed by atoms with Crippen molar-refractivity contribution in [2.75, 3.05) is 13.6 Å². The monoisotopic (exact) mass is 568 g/mol. The fourth-order valence-electron chi connectivity index (χ4n) is 2.64. The van der Waals surface area contributed by atoms with Gasteiger partial charge in [-0.15, -0.1) is 24.0 Å². The van der Waals surface area contributed by atoms with Gasteiger partial charge in [-0.1, -0.05) is 29.8 Å². The van der Waals surface area contributed by atoms with Crippen molar-refractivity contribution in [3.05, 3.63) is 59.2 Å². The van der Waals surface area contributed by atoms with Crippen LogP contribution in [0.5, 0.6) is 5.75 Å². The van der Waals surface area contributed by atoms with E-state index in [1.165, 1.54) is 25.2 Å². The van der Waals surface area contributed by atoms with E-state index in [1.54, 1.807) is 24.3 Å². The topological polar surface area (TPSA) is 91.8 Å². The first-order chi connectivity index (χ1) is 14.2. The van der Waals surface area contributed by atoms with Gasteiger partial charge in [-0.2, -0.15) is 8.78 Å². The normalized spacial score (nSPS) is 11.7. The average molecular weight is 568 g/mol. The molecule has 2 aromatic carbocycles. The molecule has 11 heteroatoms. The summed E-state index contributed by atoms with van der Waals surface area (Å²) in [5.74, 6) is 0.606. The first kappa shape index (κ1) is 27.0. The van der Waals surface area contributed by atoms with Crippen molar-refractivity contribution in [2.24, 2.45) is 4.99 Å². The Balaban J connectivity index is 0.00000480. The molecule has 0 spiro atoms. The smallest absolute Gasteiger partial charge is 0.387 e. The standard InChI is InChI=1S/C20H26F2N4O3S.HI/c1-4-24-20(25-12-15-6-8-17(9-7-15)30(27,28)23-3)26-13-16-11-14(2)5-10-18(16)29-19(21)22;/h5-11,19,23H,4,12-13H2,1-3H3,(H2,24,25,26);1H. The minimum absolute atomic E-state index is 0. The minimum Gasteiger partial charge on any atom is -0.434 e. The molecule has 0 bridgehead atoms. The van der Waals surface area contributed by atoms with Gasteiger partial charge < -0.3 is 15.4 Å². The van der Waals surface area contributed by atoms with Crippen molar-refractivity contribution in [3.8, 4) is 5.75 Å². The third kappa shape index (κ3) is 8.57. The highest BCUT2D eigenvalue weighted by Gasteiger charge is 2.12. The lowest BCUT2D eigenvalue weighted by Gasteiger charge is -2.15. The number of hydrogen-bond donors (Lipinski definition) is 3. The number of ether oxygens (including phenoxy) is 1. The van der Waals surface area contributed by atoms with E-state index in [0.29, 0.717) is 24.6 Å². The number of guanidine groups is 1. The van der Waals surface area contributed by atoms with Crippen molar-refractivity contribution < 1.29 is 21.9 Å². The third-order valence-corrected chi connectivity index (χ3v) is 5.57. The number of alkyl halides is 2. The predicted octanol–water partition coefficient (Wildman–Crippen LogP) is 3.38. The lowest BCUT2D eigenvalue weighted by Crippen LogP contribution is -2.36. The van der Waals surface area contributed by atoms with E-state index in [9.17, 15) is 17.2 Å². The van der Waals surface area contributed by atoms with Crippen molar-refractivity contribution in [3.63, 3.8) is 0 Å². The predicted molar refractivity (Wildman–Crippen MR) is 128 cm³/mol. The Kier molecular flexibility index (Phi) is 11.1. The number of halogens is 3. The molecule has 2 aromatic rings. The second kappa shape index (κ2) is 12.8. The van der Waals surface area contributed by atoms with Gasteiger partial charge in [0.05, 0.1) is 11.4 Å². The maximum absolute atomic E-state index is 12.6. The minimum atomic E-state index is -3.49. The molecule has 3 N–H and O–H groups in total. The van der Waals surface area contributed by atoms with Gasteiger partial charge in [-0.3, -0.25) is 0 Å².